The minimum absolute atomic E-state index is 0.767. The number of aryl methyl sites for hydroxylation is 1. The molecule has 2 rings (SSSR count). The van der Waals surface area contributed by atoms with Crippen LogP contribution >= 0.6 is 11.3 Å². The normalized spacial score (nSPS) is 10.3. The van der Waals surface area contributed by atoms with Crippen molar-refractivity contribution < 1.29 is 0 Å². The van der Waals surface area contributed by atoms with Crippen LogP contribution in [0.5, 0.6) is 0 Å². The highest BCUT2D eigenvalue weighted by molar-refractivity contribution is 7.20. The van der Waals surface area contributed by atoms with Crippen molar-refractivity contribution in [2.45, 2.75) is 13.3 Å². The summed E-state index contributed by atoms with van der Waals surface area (Å²) in [6.45, 7) is 2.06. The average Bonchev–Trinajstić information content (AvgIpc) is 2.57. The summed E-state index contributed by atoms with van der Waals surface area (Å²) in [5.41, 5.74) is 7.74. The van der Waals surface area contributed by atoms with Crippen molar-refractivity contribution in [2.75, 3.05) is 5.73 Å². The van der Waals surface area contributed by atoms with E-state index in [2.05, 4.69) is 13.0 Å². The Morgan fingerprint density at radius 3 is 2.93 bits per heavy atom. The molecule has 2 aromatic rings. The van der Waals surface area contributed by atoms with E-state index >= 15 is 0 Å². The molecule has 1 aromatic carbocycles. The van der Waals surface area contributed by atoms with E-state index in [1.54, 1.807) is 0 Å². The second kappa shape index (κ2) is 3.32. The third kappa shape index (κ3) is 1.16. The third-order valence-corrected chi connectivity index (χ3v) is 3.51. The summed E-state index contributed by atoms with van der Waals surface area (Å²) >= 11 is 1.49. The van der Waals surface area contributed by atoms with Crippen LogP contribution < -0.4 is 5.73 Å². The van der Waals surface area contributed by atoms with Crippen LogP contribution in [-0.2, 0) is 6.42 Å². The number of hydrogen-bond acceptors (Lipinski definition) is 3. The Bertz CT molecular complexity index is 520. The van der Waals surface area contributed by atoms with Gasteiger partial charge in [0.25, 0.3) is 0 Å². The quantitative estimate of drug-likeness (QED) is 0.723. The molecular weight excluding hydrogens is 192 g/mol. The van der Waals surface area contributed by atoms with E-state index in [0.29, 0.717) is 0 Å². The van der Waals surface area contributed by atoms with E-state index < -0.39 is 0 Å². The monoisotopic (exact) mass is 202 g/mol. The van der Waals surface area contributed by atoms with Crippen LogP contribution in [0.2, 0.25) is 0 Å². The van der Waals surface area contributed by atoms with Crippen LogP contribution in [0.3, 0.4) is 0 Å². The Labute approximate surface area is 86.6 Å². The number of nitrogens with two attached hydrogens (primary N) is 1. The highest BCUT2D eigenvalue weighted by atomic mass is 32.1. The fourth-order valence-electron chi connectivity index (χ4n) is 1.63. The smallest absolute Gasteiger partial charge is 0.110 e. The zero-order valence-electron chi connectivity index (χ0n) is 7.87. The van der Waals surface area contributed by atoms with Crippen LogP contribution in [0.15, 0.2) is 18.2 Å². The number of nitriles is 1. The summed E-state index contributed by atoms with van der Waals surface area (Å²) in [5, 5.41) is 10.1. The van der Waals surface area contributed by atoms with Gasteiger partial charge in [0.05, 0.1) is 4.70 Å². The fraction of sp³-hybridized carbons (Fsp3) is 0.182. The molecular formula is C11H10N2S. The molecule has 1 aromatic heterocycles. The maximum absolute atomic E-state index is 8.96. The van der Waals surface area contributed by atoms with E-state index in [1.165, 1.54) is 11.3 Å². The number of fused-ring (bicyclic) bond motifs is 1. The summed E-state index contributed by atoms with van der Waals surface area (Å²) < 4.78 is 1.04. The molecule has 0 amide bonds. The molecule has 70 valence electrons. The number of thiophene rings is 1. The molecule has 0 aliphatic carbocycles. The molecule has 0 radical (unpaired) electrons. The molecule has 14 heavy (non-hydrogen) atoms. The van der Waals surface area contributed by atoms with Crippen molar-refractivity contribution in [3.63, 3.8) is 0 Å². The molecule has 0 fully saturated rings. The highest BCUT2D eigenvalue weighted by Crippen LogP contribution is 2.34. The van der Waals surface area contributed by atoms with Crippen molar-refractivity contribution in [1.82, 2.24) is 0 Å². The van der Waals surface area contributed by atoms with Gasteiger partial charge in [-0.25, -0.2) is 0 Å². The lowest BCUT2D eigenvalue weighted by Crippen LogP contribution is -1.84. The van der Waals surface area contributed by atoms with Crippen LogP contribution in [0.25, 0.3) is 10.1 Å². The molecule has 0 aliphatic rings. The second-order valence-corrected chi connectivity index (χ2v) is 4.12. The summed E-state index contributed by atoms with van der Waals surface area (Å²) in [5.74, 6) is 0. The zero-order valence-corrected chi connectivity index (χ0v) is 8.69. The first-order valence-corrected chi connectivity index (χ1v) is 5.29. The Morgan fingerprint density at radius 1 is 1.50 bits per heavy atom. The number of benzene rings is 1. The van der Waals surface area contributed by atoms with Crippen molar-refractivity contribution >= 4 is 27.1 Å². The molecule has 0 atom stereocenters. The maximum atomic E-state index is 8.96. The SMILES string of the molecule is CCc1c(C#N)sc2c(N)cccc12. The van der Waals surface area contributed by atoms with E-state index in [1.807, 2.05) is 18.2 Å². The van der Waals surface area contributed by atoms with Gasteiger partial charge in [0.2, 0.25) is 0 Å². The van der Waals surface area contributed by atoms with Gasteiger partial charge in [0.15, 0.2) is 0 Å². The summed E-state index contributed by atoms with van der Waals surface area (Å²) in [6.07, 6.45) is 0.881. The molecule has 1 heterocycles. The maximum Gasteiger partial charge on any atom is 0.110 e. The largest absolute Gasteiger partial charge is 0.398 e. The first-order chi connectivity index (χ1) is 6.77. The molecule has 0 unspecified atom stereocenters. The van der Waals surface area contributed by atoms with Gasteiger partial charge in [0, 0.05) is 5.69 Å². The number of hydrogen-bond donors (Lipinski definition) is 1. The first kappa shape index (κ1) is 9.04. The van der Waals surface area contributed by atoms with Gasteiger partial charge >= 0.3 is 0 Å². The summed E-state index contributed by atoms with van der Waals surface area (Å²) in [4.78, 5) is 0.792. The molecule has 0 aliphatic heterocycles. The van der Waals surface area contributed by atoms with Crippen molar-refractivity contribution in [3.8, 4) is 6.07 Å². The number of rotatable bonds is 1. The highest BCUT2D eigenvalue weighted by Gasteiger charge is 2.11. The Hall–Kier alpha value is -1.53. The van der Waals surface area contributed by atoms with Gasteiger partial charge in [0.1, 0.15) is 10.9 Å². The standard InChI is InChI=1S/C11H10N2S/c1-2-7-8-4-3-5-9(13)11(8)14-10(7)6-12/h3-5H,2,13H2,1H3. The van der Waals surface area contributed by atoms with Gasteiger partial charge in [-0.3, -0.25) is 0 Å². The molecule has 2 nitrogen and oxygen atoms in total. The van der Waals surface area contributed by atoms with Crippen LogP contribution in [0, 0.1) is 11.3 Å². The molecule has 0 bridgehead atoms. The molecule has 0 spiro atoms. The Kier molecular flexibility index (Phi) is 2.14. The minimum Gasteiger partial charge on any atom is -0.398 e. The van der Waals surface area contributed by atoms with Crippen molar-refractivity contribution in [2.24, 2.45) is 0 Å². The molecule has 0 saturated carbocycles. The second-order valence-electron chi connectivity index (χ2n) is 3.10. The van der Waals surface area contributed by atoms with Crippen molar-refractivity contribution in [3.05, 3.63) is 28.6 Å². The van der Waals surface area contributed by atoms with Crippen LogP contribution in [0.1, 0.15) is 17.4 Å². The number of anilines is 1. The third-order valence-electron chi connectivity index (χ3n) is 2.30. The lowest BCUT2D eigenvalue weighted by atomic mass is 10.1. The van der Waals surface area contributed by atoms with E-state index in [-0.39, 0.29) is 0 Å². The predicted molar refractivity (Wildman–Crippen MR) is 60.3 cm³/mol. The molecule has 3 heteroatoms. The van der Waals surface area contributed by atoms with E-state index in [9.17, 15) is 0 Å². The number of nitrogens with zero attached hydrogens (tertiary/aromatic N) is 1. The van der Waals surface area contributed by atoms with Gasteiger partial charge in [-0.05, 0) is 23.4 Å². The van der Waals surface area contributed by atoms with Gasteiger partial charge < -0.3 is 5.73 Å². The topological polar surface area (TPSA) is 49.8 Å². The average molecular weight is 202 g/mol. The lowest BCUT2D eigenvalue weighted by Gasteiger charge is -1.96. The van der Waals surface area contributed by atoms with E-state index in [4.69, 9.17) is 11.0 Å². The predicted octanol–water partition coefficient (Wildman–Crippen LogP) is 2.92. The van der Waals surface area contributed by atoms with Gasteiger partial charge in [-0.15, -0.1) is 11.3 Å². The first-order valence-electron chi connectivity index (χ1n) is 4.48. The Morgan fingerprint density at radius 2 is 2.29 bits per heavy atom. The zero-order chi connectivity index (χ0) is 10.1. The van der Waals surface area contributed by atoms with Crippen LogP contribution in [0.4, 0.5) is 5.69 Å². The molecule has 2 N–H and O–H groups in total. The lowest BCUT2D eigenvalue weighted by molar-refractivity contribution is 1.16. The number of nitrogen functional groups attached to an aromatic ring is 1. The van der Waals surface area contributed by atoms with E-state index in [0.717, 1.165) is 32.6 Å². The van der Waals surface area contributed by atoms with Gasteiger partial charge in [-0.2, -0.15) is 5.26 Å². The van der Waals surface area contributed by atoms with Gasteiger partial charge in [-0.1, -0.05) is 19.1 Å². The summed E-state index contributed by atoms with van der Waals surface area (Å²) in [7, 11) is 0. The molecule has 0 saturated heterocycles. The van der Waals surface area contributed by atoms with Crippen molar-refractivity contribution in [1.29, 1.82) is 5.26 Å². The van der Waals surface area contributed by atoms with Crippen LogP contribution in [-0.4, -0.2) is 0 Å². The minimum atomic E-state index is 0.767. The Balaban J connectivity index is 2.88. The summed E-state index contributed by atoms with van der Waals surface area (Å²) in [6, 6.07) is 8.07. The fourth-order valence-corrected chi connectivity index (χ4v) is 2.75.